The Balaban J connectivity index is 2.83. The zero-order valence-electron chi connectivity index (χ0n) is 7.67. The molecule has 0 aliphatic heterocycles. The topological polar surface area (TPSA) is 12.0 Å². The molecule has 0 saturated heterocycles. The molecule has 64 valence electrons. The van der Waals surface area contributed by atoms with Crippen LogP contribution in [0.5, 0.6) is 0 Å². The molecule has 0 atom stereocenters. The predicted octanol–water partition coefficient (Wildman–Crippen LogP) is 2.55. The quantitative estimate of drug-likeness (QED) is 0.656. The van der Waals surface area contributed by atoms with E-state index in [1.54, 1.807) is 0 Å². The van der Waals surface area contributed by atoms with Crippen LogP contribution in [0.3, 0.4) is 0 Å². The first-order chi connectivity index (χ1) is 5.84. The van der Waals surface area contributed by atoms with Crippen LogP contribution < -0.4 is 5.32 Å². The first kappa shape index (κ1) is 8.85. The van der Waals surface area contributed by atoms with Crippen LogP contribution in [-0.4, -0.2) is 6.54 Å². The van der Waals surface area contributed by atoms with Gasteiger partial charge < -0.3 is 5.32 Å². The lowest BCUT2D eigenvalue weighted by atomic mass is 10.1. The zero-order chi connectivity index (χ0) is 8.81. The highest BCUT2D eigenvalue weighted by atomic mass is 14.9. The Kier molecular flexibility index (Phi) is 3.39. The normalized spacial score (nSPS) is 21.5. The highest BCUT2D eigenvalue weighted by Crippen LogP contribution is 2.06. The number of likely N-dealkylation sites (N-methyl/N-ethyl adjacent to an activating group) is 1. The molecule has 1 heteroatoms. The Morgan fingerprint density at radius 3 is 2.42 bits per heavy atom. The summed E-state index contributed by atoms with van der Waals surface area (Å²) in [6, 6.07) is 0. The zero-order valence-corrected chi connectivity index (χ0v) is 7.67. The van der Waals surface area contributed by atoms with Crippen molar-refractivity contribution < 1.29 is 0 Å². The standard InChI is InChI=1S/C11H15N/c1-3-12-11-9-7-5-4-6-8-10(11)2/h4-9,12H,3H2,1-2H3/b5-4-,6-4?,7-5?,8-6-,9-7?,10-8?,11-9?,11-10?. The fourth-order valence-corrected chi connectivity index (χ4v) is 1.09. The fourth-order valence-electron chi connectivity index (χ4n) is 1.09. The van der Waals surface area contributed by atoms with Crippen molar-refractivity contribution in [2.75, 3.05) is 6.54 Å². The Labute approximate surface area is 74.2 Å². The van der Waals surface area contributed by atoms with Crippen molar-refractivity contribution >= 4 is 0 Å². The fraction of sp³-hybridized carbons (Fsp3) is 0.273. The highest BCUT2D eigenvalue weighted by molar-refractivity contribution is 5.35. The minimum Gasteiger partial charge on any atom is -0.385 e. The van der Waals surface area contributed by atoms with Crippen molar-refractivity contribution in [1.29, 1.82) is 0 Å². The molecular formula is C11H15N. The molecule has 1 aliphatic carbocycles. The lowest BCUT2D eigenvalue weighted by molar-refractivity contribution is 0.869. The number of hydrogen-bond acceptors (Lipinski definition) is 1. The minimum atomic E-state index is 0.967. The smallest absolute Gasteiger partial charge is 0.0369 e. The lowest BCUT2D eigenvalue weighted by Crippen LogP contribution is -2.11. The van der Waals surface area contributed by atoms with Gasteiger partial charge in [0.15, 0.2) is 0 Å². The van der Waals surface area contributed by atoms with Crippen molar-refractivity contribution in [3.05, 3.63) is 47.7 Å². The van der Waals surface area contributed by atoms with Crippen LogP contribution in [-0.2, 0) is 0 Å². The molecule has 0 radical (unpaired) electrons. The Morgan fingerprint density at radius 1 is 1.08 bits per heavy atom. The second kappa shape index (κ2) is 4.60. The van der Waals surface area contributed by atoms with Crippen molar-refractivity contribution in [1.82, 2.24) is 5.32 Å². The molecule has 0 aromatic rings. The molecule has 1 rings (SSSR count). The van der Waals surface area contributed by atoms with E-state index in [4.69, 9.17) is 0 Å². The summed E-state index contributed by atoms with van der Waals surface area (Å²) in [5.74, 6) is 0. The molecule has 0 spiro atoms. The molecule has 0 heterocycles. The molecule has 0 unspecified atom stereocenters. The van der Waals surface area contributed by atoms with Crippen LogP contribution in [0.2, 0.25) is 0 Å². The van der Waals surface area contributed by atoms with E-state index >= 15 is 0 Å². The maximum atomic E-state index is 3.31. The third-order valence-electron chi connectivity index (χ3n) is 1.73. The average molecular weight is 161 g/mol. The van der Waals surface area contributed by atoms with Gasteiger partial charge in [0, 0.05) is 12.2 Å². The van der Waals surface area contributed by atoms with Crippen molar-refractivity contribution in [2.24, 2.45) is 0 Å². The van der Waals surface area contributed by atoms with Crippen LogP contribution in [0.25, 0.3) is 0 Å². The molecule has 0 amide bonds. The monoisotopic (exact) mass is 161 g/mol. The van der Waals surface area contributed by atoms with Crippen molar-refractivity contribution in [3.63, 3.8) is 0 Å². The van der Waals surface area contributed by atoms with Crippen molar-refractivity contribution in [3.8, 4) is 0 Å². The first-order valence-electron chi connectivity index (χ1n) is 4.30. The Hall–Kier alpha value is -1.24. The van der Waals surface area contributed by atoms with Crippen LogP contribution >= 0.6 is 0 Å². The molecule has 1 N–H and O–H groups in total. The second-order valence-electron chi connectivity index (χ2n) is 2.73. The largest absolute Gasteiger partial charge is 0.385 e. The summed E-state index contributed by atoms with van der Waals surface area (Å²) in [6.45, 7) is 5.18. The molecule has 12 heavy (non-hydrogen) atoms. The molecule has 0 saturated carbocycles. The van der Waals surface area contributed by atoms with Gasteiger partial charge in [0.2, 0.25) is 0 Å². The highest BCUT2D eigenvalue weighted by Gasteiger charge is 1.93. The number of hydrogen-bond donors (Lipinski definition) is 1. The van der Waals surface area contributed by atoms with E-state index in [2.05, 4.69) is 37.4 Å². The first-order valence-corrected chi connectivity index (χ1v) is 4.30. The van der Waals surface area contributed by atoms with Gasteiger partial charge in [-0.2, -0.15) is 0 Å². The minimum absolute atomic E-state index is 0.967. The SMILES string of the molecule is CCNC1=C(C)/C=C\C=C/C=C1. The lowest BCUT2D eigenvalue weighted by Gasteiger charge is -2.07. The summed E-state index contributed by atoms with van der Waals surface area (Å²) >= 11 is 0. The van der Waals surface area contributed by atoms with E-state index in [1.165, 1.54) is 11.3 Å². The number of rotatable bonds is 2. The molecule has 1 nitrogen and oxygen atoms in total. The molecule has 0 fully saturated rings. The summed E-state index contributed by atoms with van der Waals surface area (Å²) in [4.78, 5) is 0. The summed E-state index contributed by atoms with van der Waals surface area (Å²) in [5.41, 5.74) is 2.48. The van der Waals surface area contributed by atoms with Gasteiger partial charge in [-0.25, -0.2) is 0 Å². The molecule has 0 aromatic heterocycles. The van der Waals surface area contributed by atoms with Crippen LogP contribution in [0.4, 0.5) is 0 Å². The second-order valence-corrected chi connectivity index (χ2v) is 2.73. The number of nitrogens with one attached hydrogen (secondary N) is 1. The molecule has 0 bridgehead atoms. The van der Waals surface area contributed by atoms with Gasteiger partial charge in [-0.3, -0.25) is 0 Å². The summed E-state index contributed by atoms with van der Waals surface area (Å²) in [7, 11) is 0. The van der Waals surface area contributed by atoms with E-state index < -0.39 is 0 Å². The van der Waals surface area contributed by atoms with E-state index in [9.17, 15) is 0 Å². The molecule has 0 aromatic carbocycles. The maximum absolute atomic E-state index is 3.31. The van der Waals surface area contributed by atoms with Gasteiger partial charge in [0.1, 0.15) is 0 Å². The van der Waals surface area contributed by atoms with Gasteiger partial charge in [0.25, 0.3) is 0 Å². The third kappa shape index (κ3) is 2.42. The maximum Gasteiger partial charge on any atom is 0.0369 e. The summed E-state index contributed by atoms with van der Waals surface area (Å²) in [6.07, 6.45) is 12.4. The van der Waals surface area contributed by atoms with Gasteiger partial charge in [-0.1, -0.05) is 30.4 Å². The van der Waals surface area contributed by atoms with Gasteiger partial charge in [-0.05, 0) is 25.5 Å². The third-order valence-corrected chi connectivity index (χ3v) is 1.73. The summed E-state index contributed by atoms with van der Waals surface area (Å²) in [5, 5.41) is 3.31. The van der Waals surface area contributed by atoms with Gasteiger partial charge >= 0.3 is 0 Å². The molecule has 1 aliphatic rings. The molecular weight excluding hydrogens is 146 g/mol. The Morgan fingerprint density at radius 2 is 1.75 bits per heavy atom. The van der Waals surface area contributed by atoms with Crippen LogP contribution in [0, 0.1) is 0 Å². The number of allylic oxidation sites excluding steroid dienone is 7. The van der Waals surface area contributed by atoms with E-state index in [0.717, 1.165) is 6.54 Å². The van der Waals surface area contributed by atoms with Crippen molar-refractivity contribution in [2.45, 2.75) is 13.8 Å². The van der Waals surface area contributed by atoms with E-state index in [-0.39, 0.29) is 0 Å². The predicted molar refractivity (Wildman–Crippen MR) is 53.8 cm³/mol. The van der Waals surface area contributed by atoms with Gasteiger partial charge in [-0.15, -0.1) is 0 Å². The average Bonchev–Trinajstić information content (AvgIpc) is 2.05. The van der Waals surface area contributed by atoms with Crippen LogP contribution in [0.1, 0.15) is 13.8 Å². The van der Waals surface area contributed by atoms with E-state index in [0.29, 0.717) is 0 Å². The van der Waals surface area contributed by atoms with Gasteiger partial charge in [0.05, 0.1) is 0 Å². The Bertz CT molecular complexity index is 254. The summed E-state index contributed by atoms with van der Waals surface area (Å²) < 4.78 is 0. The van der Waals surface area contributed by atoms with E-state index in [1.807, 2.05) is 18.2 Å². The van der Waals surface area contributed by atoms with Crippen LogP contribution in [0.15, 0.2) is 47.7 Å².